The molecule has 0 aliphatic carbocycles. The third-order valence-electron chi connectivity index (χ3n) is 2.34. The van der Waals surface area contributed by atoms with E-state index in [1.807, 2.05) is 0 Å². The minimum Gasteiger partial charge on any atom is -0.451 e. The fourth-order valence-electron chi connectivity index (χ4n) is 1.49. The molecular weight excluding hydrogens is 414 g/mol. The lowest BCUT2D eigenvalue weighted by atomic mass is 10.4. The van der Waals surface area contributed by atoms with Gasteiger partial charge in [-0.25, -0.2) is 13.4 Å². The smallest absolute Gasteiger partial charge is 0.267 e. The van der Waals surface area contributed by atoms with E-state index in [0.29, 0.717) is 16.8 Å². The molecule has 0 radical (unpaired) electrons. The molecule has 0 bridgehead atoms. The quantitative estimate of drug-likeness (QED) is 0.770. The Morgan fingerprint density at radius 3 is 2.80 bits per heavy atom. The number of pyridine rings is 1. The molecule has 0 aromatic carbocycles. The molecule has 0 amide bonds. The Morgan fingerprint density at radius 1 is 1.40 bits per heavy atom. The number of hydrogen-bond acceptors (Lipinski definition) is 5. The third-order valence-corrected chi connectivity index (χ3v) is 5.17. The molecular formula is C11H11Br2N3O3S. The standard InChI is InChI=1S/C11H11Br2N3O3S/c1-14-6-7-5-9(10(13)19-7)20(17,18)16-11-8(12)3-2-4-15-11/h2-5,14H,6H2,1H3,(H,15,16). The Morgan fingerprint density at radius 2 is 2.15 bits per heavy atom. The SMILES string of the molecule is CNCc1cc(S(=O)(=O)Nc2ncccc2Br)c(Br)o1. The first-order valence-corrected chi connectivity index (χ1v) is 8.57. The van der Waals surface area contributed by atoms with Crippen molar-refractivity contribution in [2.24, 2.45) is 0 Å². The van der Waals surface area contributed by atoms with Crippen LogP contribution in [0, 0.1) is 0 Å². The summed E-state index contributed by atoms with van der Waals surface area (Å²) in [6.45, 7) is 0.432. The Kier molecular flexibility index (Phi) is 4.84. The van der Waals surface area contributed by atoms with Crippen LogP contribution in [0.2, 0.25) is 0 Å². The first-order valence-electron chi connectivity index (χ1n) is 5.50. The molecule has 0 spiro atoms. The maximum absolute atomic E-state index is 12.3. The number of nitrogens with zero attached hydrogens (tertiary/aromatic N) is 1. The summed E-state index contributed by atoms with van der Waals surface area (Å²) in [7, 11) is -2.03. The van der Waals surface area contributed by atoms with Gasteiger partial charge in [0.25, 0.3) is 10.0 Å². The van der Waals surface area contributed by atoms with Crippen LogP contribution in [0.1, 0.15) is 5.76 Å². The van der Waals surface area contributed by atoms with Crippen molar-refractivity contribution in [1.82, 2.24) is 10.3 Å². The van der Waals surface area contributed by atoms with Crippen LogP contribution in [0.25, 0.3) is 0 Å². The maximum Gasteiger partial charge on any atom is 0.267 e. The van der Waals surface area contributed by atoms with Crippen molar-refractivity contribution in [2.75, 3.05) is 11.8 Å². The molecule has 0 fully saturated rings. The summed E-state index contributed by atoms with van der Waals surface area (Å²) in [5.41, 5.74) is 0. The highest BCUT2D eigenvalue weighted by Crippen LogP contribution is 2.29. The van der Waals surface area contributed by atoms with Gasteiger partial charge >= 0.3 is 0 Å². The number of aromatic nitrogens is 1. The lowest BCUT2D eigenvalue weighted by molar-refractivity contribution is 0.470. The summed E-state index contributed by atoms with van der Waals surface area (Å²) in [5.74, 6) is 0.732. The van der Waals surface area contributed by atoms with E-state index >= 15 is 0 Å². The van der Waals surface area contributed by atoms with E-state index in [0.717, 1.165) is 0 Å². The van der Waals surface area contributed by atoms with Crippen molar-refractivity contribution in [2.45, 2.75) is 11.4 Å². The molecule has 0 aliphatic heterocycles. The van der Waals surface area contributed by atoms with Gasteiger partial charge in [-0.15, -0.1) is 0 Å². The second-order valence-corrected chi connectivity index (χ2v) is 7.05. The predicted octanol–water partition coefficient (Wildman–Crippen LogP) is 2.72. The van der Waals surface area contributed by atoms with Crippen molar-refractivity contribution in [3.63, 3.8) is 0 Å². The van der Waals surface area contributed by atoms with Crippen molar-refractivity contribution >= 4 is 47.7 Å². The van der Waals surface area contributed by atoms with Gasteiger partial charge < -0.3 is 9.73 Å². The fourth-order valence-corrected chi connectivity index (χ4v) is 4.00. The van der Waals surface area contributed by atoms with Crippen LogP contribution < -0.4 is 10.0 Å². The molecule has 2 aromatic heterocycles. The minimum absolute atomic E-state index is 0.0281. The number of nitrogens with one attached hydrogen (secondary N) is 2. The van der Waals surface area contributed by atoms with E-state index in [4.69, 9.17) is 4.42 Å². The predicted molar refractivity (Wildman–Crippen MR) is 81.9 cm³/mol. The first kappa shape index (κ1) is 15.5. The highest BCUT2D eigenvalue weighted by molar-refractivity contribution is 9.10. The molecule has 0 atom stereocenters. The maximum atomic E-state index is 12.3. The normalized spacial score (nSPS) is 11.6. The average Bonchev–Trinajstić information content (AvgIpc) is 2.74. The topological polar surface area (TPSA) is 84.2 Å². The van der Waals surface area contributed by atoms with E-state index in [1.54, 1.807) is 19.2 Å². The lowest BCUT2D eigenvalue weighted by Gasteiger charge is -2.06. The summed E-state index contributed by atoms with van der Waals surface area (Å²) >= 11 is 6.34. The van der Waals surface area contributed by atoms with Gasteiger partial charge in [0, 0.05) is 12.3 Å². The summed E-state index contributed by atoms with van der Waals surface area (Å²) < 4.78 is 33.0. The molecule has 2 N–H and O–H groups in total. The van der Waals surface area contributed by atoms with Crippen LogP contribution in [0.4, 0.5) is 5.82 Å². The van der Waals surface area contributed by atoms with E-state index in [1.165, 1.54) is 12.3 Å². The number of rotatable bonds is 5. The molecule has 2 heterocycles. The molecule has 0 saturated heterocycles. The van der Waals surface area contributed by atoms with Crippen LogP contribution in [0.3, 0.4) is 0 Å². The summed E-state index contributed by atoms with van der Waals surface area (Å²) in [5, 5.41) is 2.89. The lowest BCUT2D eigenvalue weighted by Crippen LogP contribution is -2.14. The van der Waals surface area contributed by atoms with E-state index in [-0.39, 0.29) is 15.4 Å². The number of halogens is 2. The number of hydrogen-bond donors (Lipinski definition) is 2. The zero-order valence-corrected chi connectivity index (χ0v) is 14.3. The van der Waals surface area contributed by atoms with Crippen LogP contribution in [-0.4, -0.2) is 20.4 Å². The molecule has 0 aliphatic rings. The monoisotopic (exact) mass is 423 g/mol. The Labute approximate surface area is 133 Å². The molecule has 2 aromatic rings. The largest absolute Gasteiger partial charge is 0.451 e. The van der Waals surface area contributed by atoms with Gasteiger partial charge in [0.1, 0.15) is 10.7 Å². The van der Waals surface area contributed by atoms with Crippen molar-refractivity contribution in [3.05, 3.63) is 39.3 Å². The van der Waals surface area contributed by atoms with Gasteiger partial charge in [-0.2, -0.15) is 0 Å². The van der Waals surface area contributed by atoms with E-state index < -0.39 is 10.0 Å². The van der Waals surface area contributed by atoms with Crippen LogP contribution in [0.5, 0.6) is 0 Å². The molecule has 2 rings (SSSR count). The van der Waals surface area contributed by atoms with E-state index in [2.05, 4.69) is 46.9 Å². The molecule has 20 heavy (non-hydrogen) atoms. The zero-order valence-electron chi connectivity index (χ0n) is 10.4. The van der Waals surface area contributed by atoms with Crippen LogP contribution in [-0.2, 0) is 16.6 Å². The molecule has 9 heteroatoms. The van der Waals surface area contributed by atoms with E-state index in [9.17, 15) is 8.42 Å². The van der Waals surface area contributed by atoms with Gasteiger partial charge in [-0.3, -0.25) is 4.72 Å². The molecule has 0 saturated carbocycles. The fraction of sp³-hybridized carbons (Fsp3) is 0.182. The Hall–Kier alpha value is -0.900. The molecule has 6 nitrogen and oxygen atoms in total. The van der Waals surface area contributed by atoms with Crippen molar-refractivity contribution < 1.29 is 12.8 Å². The van der Waals surface area contributed by atoms with Crippen LogP contribution >= 0.6 is 31.9 Å². The average molecular weight is 425 g/mol. The van der Waals surface area contributed by atoms with Gasteiger partial charge in [0.05, 0.1) is 11.0 Å². The molecule has 108 valence electrons. The minimum atomic E-state index is -3.77. The van der Waals surface area contributed by atoms with Crippen LogP contribution in [0.15, 0.2) is 42.9 Å². The number of furan rings is 1. The zero-order chi connectivity index (χ0) is 14.8. The second kappa shape index (κ2) is 6.25. The number of sulfonamides is 1. The van der Waals surface area contributed by atoms with Gasteiger partial charge in [-0.1, -0.05) is 0 Å². The van der Waals surface area contributed by atoms with Crippen molar-refractivity contribution in [3.8, 4) is 0 Å². The first-order chi connectivity index (χ1) is 9.44. The number of anilines is 1. The Bertz CT molecular complexity index is 715. The van der Waals surface area contributed by atoms with Gasteiger partial charge in [0.2, 0.25) is 0 Å². The van der Waals surface area contributed by atoms with Gasteiger partial charge in [0.15, 0.2) is 10.5 Å². The Balaban J connectivity index is 2.33. The molecule has 0 unspecified atom stereocenters. The summed E-state index contributed by atoms with van der Waals surface area (Å²) in [6.07, 6.45) is 1.50. The van der Waals surface area contributed by atoms with Crippen molar-refractivity contribution in [1.29, 1.82) is 0 Å². The third kappa shape index (κ3) is 3.40. The summed E-state index contributed by atoms with van der Waals surface area (Å²) in [6, 6.07) is 4.85. The highest BCUT2D eigenvalue weighted by Gasteiger charge is 2.23. The second-order valence-electron chi connectivity index (χ2n) is 3.82. The highest BCUT2D eigenvalue weighted by atomic mass is 79.9. The van der Waals surface area contributed by atoms with Gasteiger partial charge in [-0.05, 0) is 51.0 Å². The summed E-state index contributed by atoms with van der Waals surface area (Å²) in [4.78, 5) is 3.99.